The molecule has 0 bridgehead atoms. The van der Waals surface area contributed by atoms with Gasteiger partial charge in [-0.05, 0) is 12.8 Å². The van der Waals surface area contributed by atoms with Gasteiger partial charge in [0.05, 0.1) is 11.4 Å². The van der Waals surface area contributed by atoms with Gasteiger partial charge >= 0.3 is 0 Å². The first-order valence-electron chi connectivity index (χ1n) is 7.96. The van der Waals surface area contributed by atoms with E-state index in [1.807, 2.05) is 35.7 Å². The highest BCUT2D eigenvalue weighted by atomic mass is 32.2. The van der Waals surface area contributed by atoms with Gasteiger partial charge in [-0.2, -0.15) is 0 Å². The number of nitrogens with zero attached hydrogens (tertiary/aromatic N) is 1. The average molecular weight is 367 g/mol. The minimum Gasteiger partial charge on any atom is -0.381 e. The Hall–Kier alpha value is -1.44. The molecule has 1 fully saturated rings. The summed E-state index contributed by atoms with van der Waals surface area (Å²) in [5, 5.41) is 6.20. The second-order valence-electron chi connectivity index (χ2n) is 6.44. The first-order chi connectivity index (χ1) is 11.5. The van der Waals surface area contributed by atoms with Gasteiger partial charge in [0.2, 0.25) is 0 Å². The van der Waals surface area contributed by atoms with Gasteiger partial charge in [0.15, 0.2) is 5.13 Å². The Morgan fingerprint density at radius 3 is 2.62 bits per heavy atom. The number of hydrogen-bond donors (Lipinski definition) is 1. The molecule has 1 aliphatic rings. The first-order valence-corrected chi connectivity index (χ1v) is 10.9. The molecule has 2 heterocycles. The van der Waals surface area contributed by atoms with Crippen molar-refractivity contribution in [2.75, 3.05) is 37.1 Å². The maximum Gasteiger partial charge on any atom is 0.183 e. The van der Waals surface area contributed by atoms with E-state index in [0.717, 1.165) is 29.2 Å². The van der Waals surface area contributed by atoms with E-state index in [0.29, 0.717) is 19.8 Å². The summed E-state index contributed by atoms with van der Waals surface area (Å²) < 4.78 is 29.1. The summed E-state index contributed by atoms with van der Waals surface area (Å²) in [6, 6.07) is 10.0. The standard InChI is InChI=1S/C17H22N2O3S2/c1-24(20,21)13-17(7-9-22-10-8-17)12-18-16-19-15(11-23-16)14-5-3-2-4-6-14/h2-6,11H,7-10,12-13H2,1H3,(H,18,19). The SMILES string of the molecule is CS(=O)(=O)CC1(CNc2nc(-c3ccccc3)cs2)CCOCC1. The molecule has 7 heteroatoms. The molecule has 0 amide bonds. The van der Waals surface area contributed by atoms with Gasteiger partial charge in [0.1, 0.15) is 9.84 Å². The van der Waals surface area contributed by atoms with E-state index < -0.39 is 9.84 Å². The molecule has 0 unspecified atom stereocenters. The number of anilines is 1. The lowest BCUT2D eigenvalue weighted by molar-refractivity contribution is 0.0315. The molecule has 1 aromatic carbocycles. The van der Waals surface area contributed by atoms with Crippen LogP contribution in [-0.2, 0) is 14.6 Å². The maximum atomic E-state index is 11.8. The fourth-order valence-corrected chi connectivity index (χ4v) is 5.31. The van der Waals surface area contributed by atoms with Crippen LogP contribution in [0.3, 0.4) is 0 Å². The van der Waals surface area contributed by atoms with Crippen molar-refractivity contribution < 1.29 is 13.2 Å². The zero-order valence-corrected chi connectivity index (χ0v) is 15.3. The lowest BCUT2D eigenvalue weighted by Gasteiger charge is -2.36. The van der Waals surface area contributed by atoms with Gasteiger partial charge in [0.25, 0.3) is 0 Å². The highest BCUT2D eigenvalue weighted by molar-refractivity contribution is 7.90. The van der Waals surface area contributed by atoms with Crippen LogP contribution < -0.4 is 5.32 Å². The Morgan fingerprint density at radius 1 is 1.25 bits per heavy atom. The predicted octanol–water partition coefficient (Wildman–Crippen LogP) is 3.06. The smallest absolute Gasteiger partial charge is 0.183 e. The fourth-order valence-electron chi connectivity index (χ4n) is 3.09. The third-order valence-electron chi connectivity index (χ3n) is 4.31. The third-order valence-corrected chi connectivity index (χ3v) is 6.25. The Balaban J connectivity index is 1.70. The van der Waals surface area contributed by atoms with Crippen LogP contribution in [0.15, 0.2) is 35.7 Å². The van der Waals surface area contributed by atoms with E-state index in [2.05, 4.69) is 10.3 Å². The molecule has 0 radical (unpaired) electrons. The van der Waals surface area contributed by atoms with Crippen LogP contribution in [0.2, 0.25) is 0 Å². The van der Waals surface area contributed by atoms with Crippen molar-refractivity contribution in [1.82, 2.24) is 4.98 Å². The van der Waals surface area contributed by atoms with Crippen molar-refractivity contribution >= 4 is 26.3 Å². The Bertz CT molecular complexity index is 766. The van der Waals surface area contributed by atoms with E-state index in [-0.39, 0.29) is 11.2 Å². The molecular formula is C17H22N2O3S2. The Labute approximate surface area is 147 Å². The molecule has 0 atom stereocenters. The molecular weight excluding hydrogens is 344 g/mol. The van der Waals surface area contributed by atoms with Crippen molar-refractivity contribution in [3.05, 3.63) is 35.7 Å². The quantitative estimate of drug-likeness (QED) is 0.851. The first kappa shape index (κ1) is 17.4. The summed E-state index contributed by atoms with van der Waals surface area (Å²) >= 11 is 1.55. The molecule has 1 N–H and O–H groups in total. The van der Waals surface area contributed by atoms with Crippen molar-refractivity contribution in [3.63, 3.8) is 0 Å². The molecule has 130 valence electrons. The third kappa shape index (κ3) is 4.55. The molecule has 0 saturated carbocycles. The van der Waals surface area contributed by atoms with Crippen LogP contribution in [0.5, 0.6) is 0 Å². The van der Waals surface area contributed by atoms with Gasteiger partial charge in [-0.25, -0.2) is 13.4 Å². The summed E-state index contributed by atoms with van der Waals surface area (Å²) in [6.07, 6.45) is 2.81. The summed E-state index contributed by atoms with van der Waals surface area (Å²) in [5.41, 5.74) is 1.75. The van der Waals surface area contributed by atoms with Gasteiger partial charge in [-0.15, -0.1) is 11.3 Å². The molecule has 1 aromatic heterocycles. The lowest BCUT2D eigenvalue weighted by atomic mass is 9.82. The van der Waals surface area contributed by atoms with Gasteiger partial charge in [-0.3, -0.25) is 0 Å². The number of aromatic nitrogens is 1. The van der Waals surface area contributed by atoms with Crippen molar-refractivity contribution in [1.29, 1.82) is 0 Å². The predicted molar refractivity (Wildman–Crippen MR) is 98.2 cm³/mol. The van der Waals surface area contributed by atoms with Gasteiger partial charge < -0.3 is 10.1 Å². The number of thiazole rings is 1. The molecule has 0 spiro atoms. The number of ether oxygens (including phenoxy) is 1. The van der Waals surface area contributed by atoms with E-state index in [1.165, 1.54) is 6.26 Å². The maximum absolute atomic E-state index is 11.8. The monoisotopic (exact) mass is 366 g/mol. The second kappa shape index (κ2) is 7.21. The summed E-state index contributed by atoms with van der Waals surface area (Å²) in [5.74, 6) is 0.188. The number of benzene rings is 1. The number of rotatable bonds is 6. The average Bonchev–Trinajstić information content (AvgIpc) is 3.02. The molecule has 5 nitrogen and oxygen atoms in total. The van der Waals surface area contributed by atoms with Crippen molar-refractivity contribution in [2.24, 2.45) is 5.41 Å². The highest BCUT2D eigenvalue weighted by Gasteiger charge is 2.36. The minimum atomic E-state index is -3.04. The molecule has 1 saturated heterocycles. The van der Waals surface area contributed by atoms with Crippen LogP contribution in [0, 0.1) is 5.41 Å². The second-order valence-corrected chi connectivity index (χ2v) is 9.44. The molecule has 3 rings (SSSR count). The van der Waals surface area contributed by atoms with Crippen molar-refractivity contribution in [3.8, 4) is 11.3 Å². The topological polar surface area (TPSA) is 68.3 Å². The van der Waals surface area contributed by atoms with Gasteiger partial charge in [-0.1, -0.05) is 30.3 Å². The number of sulfone groups is 1. The van der Waals surface area contributed by atoms with E-state index in [4.69, 9.17) is 4.74 Å². The number of nitrogens with one attached hydrogen (secondary N) is 1. The van der Waals surface area contributed by atoms with Crippen LogP contribution in [0.4, 0.5) is 5.13 Å². The van der Waals surface area contributed by atoms with E-state index in [9.17, 15) is 8.42 Å². The zero-order chi connectivity index (χ0) is 17.0. The van der Waals surface area contributed by atoms with Crippen LogP contribution in [0.25, 0.3) is 11.3 Å². The molecule has 0 aliphatic carbocycles. The largest absolute Gasteiger partial charge is 0.381 e. The fraction of sp³-hybridized carbons (Fsp3) is 0.471. The zero-order valence-electron chi connectivity index (χ0n) is 13.7. The van der Waals surface area contributed by atoms with Crippen molar-refractivity contribution in [2.45, 2.75) is 12.8 Å². The lowest BCUT2D eigenvalue weighted by Crippen LogP contribution is -2.41. The minimum absolute atomic E-state index is 0.188. The summed E-state index contributed by atoms with van der Waals surface area (Å²) in [7, 11) is -3.04. The molecule has 2 aromatic rings. The van der Waals surface area contributed by atoms with Gasteiger partial charge in [0, 0.05) is 42.4 Å². The van der Waals surface area contributed by atoms with Crippen LogP contribution in [-0.4, -0.2) is 45.2 Å². The van der Waals surface area contributed by atoms with E-state index in [1.54, 1.807) is 11.3 Å². The van der Waals surface area contributed by atoms with Crippen LogP contribution >= 0.6 is 11.3 Å². The normalized spacial score (nSPS) is 17.5. The Kier molecular flexibility index (Phi) is 5.22. The number of hydrogen-bond acceptors (Lipinski definition) is 6. The molecule has 1 aliphatic heterocycles. The van der Waals surface area contributed by atoms with Crippen LogP contribution in [0.1, 0.15) is 12.8 Å². The Morgan fingerprint density at radius 2 is 1.96 bits per heavy atom. The molecule has 24 heavy (non-hydrogen) atoms. The summed E-state index contributed by atoms with van der Waals surface area (Å²) in [6.45, 7) is 1.83. The summed E-state index contributed by atoms with van der Waals surface area (Å²) in [4.78, 5) is 4.62. The van der Waals surface area contributed by atoms with E-state index >= 15 is 0 Å². The highest BCUT2D eigenvalue weighted by Crippen LogP contribution is 2.33.